The Morgan fingerprint density at radius 2 is 2.05 bits per heavy atom. The van der Waals surface area contributed by atoms with Crippen molar-refractivity contribution in [2.75, 3.05) is 19.8 Å². The van der Waals surface area contributed by atoms with E-state index in [4.69, 9.17) is 16.3 Å². The van der Waals surface area contributed by atoms with Crippen LogP contribution in [0.15, 0.2) is 24.3 Å². The van der Waals surface area contributed by atoms with Gasteiger partial charge in [0.2, 0.25) is 5.91 Å². The summed E-state index contributed by atoms with van der Waals surface area (Å²) in [6.45, 7) is 2.07. The first-order valence-electron chi connectivity index (χ1n) is 5.93. The van der Waals surface area contributed by atoms with Crippen molar-refractivity contribution in [1.82, 2.24) is 5.32 Å². The van der Waals surface area contributed by atoms with E-state index in [1.807, 2.05) is 0 Å². The summed E-state index contributed by atoms with van der Waals surface area (Å²) >= 11 is 5.89. The fraction of sp³-hybridized carbons (Fsp3) is 0.385. The molecule has 0 fully saturated rings. The molecule has 0 saturated heterocycles. The minimum Gasteiger partial charge on any atom is -0.491 e. The third-order valence-corrected chi connectivity index (χ3v) is 2.47. The van der Waals surface area contributed by atoms with Crippen LogP contribution in [-0.4, -0.2) is 31.6 Å². The molecule has 1 rings (SSSR count). The molecule has 0 radical (unpaired) electrons. The molecule has 0 aliphatic carbocycles. The summed E-state index contributed by atoms with van der Waals surface area (Å²) in [6.07, 6.45) is 0.143. The molecule has 104 valence electrons. The van der Waals surface area contributed by atoms with Gasteiger partial charge < -0.3 is 14.8 Å². The predicted molar refractivity (Wildman–Crippen MR) is 71.2 cm³/mol. The Balaban J connectivity index is 2.21. The lowest BCUT2D eigenvalue weighted by molar-refractivity contribution is -0.143. The van der Waals surface area contributed by atoms with E-state index in [-0.39, 0.29) is 25.5 Å². The first kappa shape index (κ1) is 15.3. The van der Waals surface area contributed by atoms with E-state index >= 15 is 0 Å². The Bertz CT molecular complexity index is 436. The normalized spacial score (nSPS) is 9.79. The predicted octanol–water partition coefficient (Wildman–Crippen LogP) is 1.79. The molecule has 1 aromatic carbocycles. The Labute approximate surface area is 116 Å². The minimum absolute atomic E-state index is 0.126. The van der Waals surface area contributed by atoms with E-state index in [0.29, 0.717) is 17.4 Å². The van der Waals surface area contributed by atoms with Gasteiger partial charge in [0.25, 0.3) is 0 Å². The molecule has 0 aliphatic heterocycles. The van der Waals surface area contributed by atoms with Gasteiger partial charge in [-0.1, -0.05) is 23.7 Å². The Hall–Kier alpha value is -1.75. The monoisotopic (exact) mass is 285 g/mol. The van der Waals surface area contributed by atoms with Gasteiger partial charge in [0.15, 0.2) is 0 Å². The highest BCUT2D eigenvalue weighted by atomic mass is 35.5. The molecular weight excluding hydrogens is 270 g/mol. The lowest BCUT2D eigenvalue weighted by Crippen LogP contribution is -2.31. The molecule has 1 amide bonds. The van der Waals surface area contributed by atoms with Crippen molar-refractivity contribution in [3.05, 3.63) is 29.3 Å². The highest BCUT2D eigenvalue weighted by Gasteiger charge is 2.06. The van der Waals surface area contributed by atoms with Gasteiger partial charge in [-0.2, -0.15) is 0 Å². The second kappa shape index (κ2) is 8.37. The number of carbonyl (C=O) groups excluding carboxylic acids is 2. The first-order valence-corrected chi connectivity index (χ1v) is 6.31. The number of benzene rings is 1. The number of carbonyl (C=O) groups is 2. The van der Waals surface area contributed by atoms with Gasteiger partial charge in [-0.05, 0) is 19.1 Å². The molecule has 6 heteroatoms. The third-order valence-electron chi connectivity index (χ3n) is 2.16. The smallest absolute Gasteiger partial charge is 0.325 e. The van der Waals surface area contributed by atoms with E-state index < -0.39 is 5.97 Å². The molecule has 0 bridgehead atoms. The van der Waals surface area contributed by atoms with Crippen LogP contribution in [0.1, 0.15) is 13.3 Å². The molecule has 5 nitrogen and oxygen atoms in total. The molecule has 1 aromatic rings. The molecule has 0 aliphatic rings. The van der Waals surface area contributed by atoms with Crippen LogP contribution in [0.2, 0.25) is 5.02 Å². The van der Waals surface area contributed by atoms with E-state index in [1.54, 1.807) is 31.2 Å². The molecule has 0 saturated carbocycles. The number of hydrogen-bond acceptors (Lipinski definition) is 4. The summed E-state index contributed by atoms with van der Waals surface area (Å²) in [7, 11) is 0. The van der Waals surface area contributed by atoms with Gasteiger partial charge in [0.05, 0.1) is 24.7 Å². The number of esters is 1. The van der Waals surface area contributed by atoms with Gasteiger partial charge in [-0.25, -0.2) is 0 Å². The second-order valence-electron chi connectivity index (χ2n) is 3.61. The van der Waals surface area contributed by atoms with Gasteiger partial charge >= 0.3 is 5.97 Å². The molecule has 0 aromatic heterocycles. The van der Waals surface area contributed by atoms with Gasteiger partial charge in [0.1, 0.15) is 12.3 Å². The van der Waals surface area contributed by atoms with Crippen LogP contribution >= 0.6 is 11.6 Å². The summed E-state index contributed by atoms with van der Waals surface area (Å²) in [5.74, 6) is -0.203. The van der Waals surface area contributed by atoms with E-state index in [0.717, 1.165) is 0 Å². The number of nitrogens with one attached hydrogen (secondary N) is 1. The van der Waals surface area contributed by atoms with Gasteiger partial charge in [-0.15, -0.1) is 0 Å². The van der Waals surface area contributed by atoms with Crippen molar-refractivity contribution >= 4 is 23.5 Å². The van der Waals surface area contributed by atoms with Crippen molar-refractivity contribution < 1.29 is 19.1 Å². The van der Waals surface area contributed by atoms with Crippen LogP contribution in [0.5, 0.6) is 5.75 Å². The maximum Gasteiger partial charge on any atom is 0.325 e. The summed E-state index contributed by atoms with van der Waals surface area (Å²) in [5.41, 5.74) is 0. The number of ether oxygens (including phenoxy) is 2. The topological polar surface area (TPSA) is 64.6 Å². The molecule has 0 unspecified atom stereocenters. The van der Waals surface area contributed by atoms with E-state index in [1.165, 1.54) is 0 Å². The van der Waals surface area contributed by atoms with Crippen molar-refractivity contribution in [1.29, 1.82) is 0 Å². The number of rotatable bonds is 7. The van der Waals surface area contributed by atoms with Crippen LogP contribution < -0.4 is 10.1 Å². The number of hydrogen-bond donors (Lipinski definition) is 1. The zero-order valence-electron chi connectivity index (χ0n) is 10.6. The van der Waals surface area contributed by atoms with E-state index in [2.05, 4.69) is 10.1 Å². The van der Waals surface area contributed by atoms with Crippen molar-refractivity contribution in [2.45, 2.75) is 13.3 Å². The third kappa shape index (κ3) is 6.10. The fourth-order valence-electron chi connectivity index (χ4n) is 1.29. The lowest BCUT2D eigenvalue weighted by atomic mass is 10.3. The Kier molecular flexibility index (Phi) is 6.74. The molecule has 19 heavy (non-hydrogen) atoms. The summed E-state index contributed by atoms with van der Waals surface area (Å²) in [4.78, 5) is 22.4. The van der Waals surface area contributed by atoms with Gasteiger partial charge in [-0.3, -0.25) is 9.59 Å². The van der Waals surface area contributed by atoms with Crippen molar-refractivity contribution in [3.8, 4) is 5.75 Å². The lowest BCUT2D eigenvalue weighted by Gasteiger charge is -2.08. The Morgan fingerprint density at radius 1 is 1.32 bits per heavy atom. The van der Waals surface area contributed by atoms with Crippen LogP contribution in [0.3, 0.4) is 0 Å². The number of halogens is 1. The van der Waals surface area contributed by atoms with Gasteiger partial charge in [0, 0.05) is 0 Å². The largest absolute Gasteiger partial charge is 0.491 e. The SMILES string of the molecule is CCOC(=O)CNC(=O)CCOc1ccccc1Cl. The van der Waals surface area contributed by atoms with Crippen LogP contribution in [0.25, 0.3) is 0 Å². The van der Waals surface area contributed by atoms with Crippen molar-refractivity contribution in [2.24, 2.45) is 0 Å². The fourth-order valence-corrected chi connectivity index (χ4v) is 1.48. The van der Waals surface area contributed by atoms with Crippen LogP contribution in [0, 0.1) is 0 Å². The Morgan fingerprint density at radius 3 is 2.74 bits per heavy atom. The standard InChI is InChI=1S/C13H16ClNO4/c1-2-18-13(17)9-15-12(16)7-8-19-11-6-4-3-5-10(11)14/h3-6H,2,7-9H2,1H3,(H,15,16). The zero-order valence-corrected chi connectivity index (χ0v) is 11.4. The van der Waals surface area contributed by atoms with E-state index in [9.17, 15) is 9.59 Å². The number of amides is 1. The summed E-state index contributed by atoms with van der Waals surface area (Å²) < 4.78 is 10.0. The maximum atomic E-state index is 11.4. The van der Waals surface area contributed by atoms with Crippen molar-refractivity contribution in [3.63, 3.8) is 0 Å². The average Bonchev–Trinajstić information content (AvgIpc) is 2.39. The minimum atomic E-state index is -0.456. The maximum absolute atomic E-state index is 11.4. The summed E-state index contributed by atoms with van der Waals surface area (Å²) in [6, 6.07) is 7.01. The number of para-hydroxylation sites is 1. The quantitative estimate of drug-likeness (QED) is 0.776. The zero-order chi connectivity index (χ0) is 14.1. The highest BCUT2D eigenvalue weighted by Crippen LogP contribution is 2.22. The van der Waals surface area contributed by atoms with Crippen LogP contribution in [-0.2, 0) is 14.3 Å². The second-order valence-corrected chi connectivity index (χ2v) is 4.02. The highest BCUT2D eigenvalue weighted by molar-refractivity contribution is 6.32. The molecular formula is C13H16ClNO4. The average molecular weight is 286 g/mol. The molecule has 0 heterocycles. The molecule has 1 N–H and O–H groups in total. The summed E-state index contributed by atoms with van der Waals surface area (Å²) in [5, 5.41) is 2.94. The molecule has 0 spiro atoms. The molecule has 0 atom stereocenters. The van der Waals surface area contributed by atoms with Crippen LogP contribution in [0.4, 0.5) is 0 Å². The first-order chi connectivity index (χ1) is 9.13.